The normalized spacial score (nSPS) is 18.8. The fraction of sp³-hybridized carbons (Fsp3) is 0.267. The zero-order valence-electron chi connectivity index (χ0n) is 22.3. The largest absolute Gasteiger partial charge is 0.480 e. The van der Waals surface area contributed by atoms with Crippen LogP contribution in [0, 0.1) is 5.92 Å². The average molecular weight is 604 g/mol. The van der Waals surface area contributed by atoms with E-state index in [0.29, 0.717) is 28.0 Å². The van der Waals surface area contributed by atoms with Gasteiger partial charge < -0.3 is 15.3 Å². The maximum Gasteiger partial charge on any atom is 0.326 e. The third-order valence-corrected chi connectivity index (χ3v) is 9.29. The van der Waals surface area contributed by atoms with Gasteiger partial charge in [0.15, 0.2) is 10.3 Å². The number of thiol groups is 2. The first-order valence-corrected chi connectivity index (χ1v) is 15.2. The first-order chi connectivity index (χ1) is 19.8. The van der Waals surface area contributed by atoms with E-state index in [2.05, 4.69) is 57.6 Å². The fourth-order valence-electron chi connectivity index (χ4n) is 6.18. The second-order valence-corrected chi connectivity index (χ2v) is 12.0. The van der Waals surface area contributed by atoms with Gasteiger partial charge in [-0.1, -0.05) is 11.6 Å². The van der Waals surface area contributed by atoms with Gasteiger partial charge in [-0.15, -0.1) is 35.5 Å². The molecule has 2 N–H and O–H groups in total. The number of nitrogens with zero attached hydrogens (tertiary/aromatic N) is 4. The maximum atomic E-state index is 13.4. The number of hydrogen-bond acceptors (Lipinski definition) is 8. The molecule has 2 atom stereocenters. The molecule has 4 aromatic rings. The van der Waals surface area contributed by atoms with Crippen molar-refractivity contribution < 1.29 is 14.7 Å². The van der Waals surface area contributed by atoms with E-state index in [1.807, 2.05) is 48.3 Å². The van der Waals surface area contributed by atoms with E-state index in [1.54, 1.807) is 22.0 Å². The monoisotopic (exact) mass is 603 g/mol. The lowest BCUT2D eigenvalue weighted by molar-refractivity contribution is -0.139. The van der Waals surface area contributed by atoms with Crippen LogP contribution < -0.4 is 10.2 Å². The van der Waals surface area contributed by atoms with Gasteiger partial charge in [-0.2, -0.15) is 11.3 Å². The summed E-state index contributed by atoms with van der Waals surface area (Å²) in [5.74, 6) is -1.25. The highest BCUT2D eigenvalue weighted by atomic mass is 32.1. The summed E-state index contributed by atoms with van der Waals surface area (Å²) >= 11 is 10.3. The van der Waals surface area contributed by atoms with Crippen molar-refractivity contribution in [2.45, 2.75) is 48.5 Å². The van der Waals surface area contributed by atoms with Crippen LogP contribution in [0.4, 0.5) is 11.4 Å². The minimum atomic E-state index is -0.825. The molecule has 6 rings (SSSR count). The van der Waals surface area contributed by atoms with Gasteiger partial charge >= 0.3 is 5.97 Å². The number of anilines is 2. The zero-order chi connectivity index (χ0) is 28.7. The van der Waals surface area contributed by atoms with Crippen molar-refractivity contribution in [1.29, 1.82) is 0 Å². The minimum Gasteiger partial charge on any atom is -0.480 e. The number of carbonyl (C=O) groups is 2. The van der Waals surface area contributed by atoms with Gasteiger partial charge in [-0.3, -0.25) is 9.36 Å². The number of likely N-dealkylation sites (N-methyl/N-ethyl adjacent to an activating group) is 1. The molecule has 1 aliphatic heterocycles. The number of aromatic nitrogens is 3. The van der Waals surface area contributed by atoms with Gasteiger partial charge in [0.2, 0.25) is 0 Å². The third kappa shape index (κ3) is 5.29. The van der Waals surface area contributed by atoms with E-state index in [1.165, 1.54) is 16.7 Å². The molecular weight excluding hydrogens is 575 g/mol. The number of aliphatic carboxylic acids is 1. The molecule has 2 aromatic heterocycles. The molecule has 8 nitrogen and oxygen atoms in total. The van der Waals surface area contributed by atoms with Crippen molar-refractivity contribution in [3.8, 4) is 5.69 Å². The Morgan fingerprint density at radius 3 is 2.56 bits per heavy atom. The molecule has 0 saturated heterocycles. The molecule has 0 radical (unpaired) electrons. The number of carboxylic acid groups (broad SMARTS) is 1. The molecule has 3 heterocycles. The van der Waals surface area contributed by atoms with Crippen LogP contribution in [0.5, 0.6) is 0 Å². The van der Waals surface area contributed by atoms with E-state index >= 15 is 0 Å². The molecule has 41 heavy (non-hydrogen) atoms. The molecule has 11 heteroatoms. The van der Waals surface area contributed by atoms with Crippen molar-refractivity contribution in [3.05, 3.63) is 81.6 Å². The van der Waals surface area contributed by atoms with Gasteiger partial charge in [0, 0.05) is 29.9 Å². The molecule has 0 bridgehead atoms. The van der Waals surface area contributed by atoms with Gasteiger partial charge in [-0.25, -0.2) is 4.79 Å². The Labute approximate surface area is 252 Å². The summed E-state index contributed by atoms with van der Waals surface area (Å²) in [7, 11) is 1.85. The van der Waals surface area contributed by atoms with Crippen LogP contribution in [0.25, 0.3) is 11.3 Å². The molecule has 0 fully saturated rings. The Kier molecular flexibility index (Phi) is 7.67. The highest BCUT2D eigenvalue weighted by Crippen LogP contribution is 2.44. The van der Waals surface area contributed by atoms with Crippen LogP contribution in [0.3, 0.4) is 0 Å². The summed E-state index contributed by atoms with van der Waals surface area (Å²) in [6.45, 7) is 0. The third-order valence-electron chi connectivity index (χ3n) is 8.03. The Bertz CT molecular complexity index is 1640. The Balaban J connectivity index is 1.31. The number of thiophene rings is 1. The van der Waals surface area contributed by atoms with Gasteiger partial charge in [0.1, 0.15) is 6.04 Å². The number of amides is 1. The van der Waals surface area contributed by atoms with E-state index in [4.69, 9.17) is 0 Å². The predicted molar refractivity (Wildman–Crippen MR) is 167 cm³/mol. The van der Waals surface area contributed by atoms with Crippen molar-refractivity contribution in [1.82, 2.24) is 14.8 Å². The summed E-state index contributed by atoms with van der Waals surface area (Å²) in [6, 6.07) is 14.3. The average Bonchev–Trinajstić information content (AvgIpc) is 3.62. The minimum absolute atomic E-state index is 0.176. The maximum absolute atomic E-state index is 13.4. The molecule has 1 aliphatic carbocycles. The molecule has 1 amide bonds. The summed E-state index contributed by atoms with van der Waals surface area (Å²) in [5.41, 5.74) is 7.40. The smallest absolute Gasteiger partial charge is 0.326 e. The number of carbonyl (C=O) groups excluding carboxylic acids is 1. The molecule has 0 spiro atoms. The Morgan fingerprint density at radius 2 is 1.83 bits per heavy atom. The molecule has 210 valence electrons. The van der Waals surface area contributed by atoms with Crippen LogP contribution >= 0.6 is 36.6 Å². The number of carboxylic acids is 1. The number of benzene rings is 2. The number of allylic oxidation sites excluding steroid dienone is 1. The second kappa shape index (κ2) is 11.4. The van der Waals surface area contributed by atoms with E-state index in [0.717, 1.165) is 42.6 Å². The van der Waals surface area contributed by atoms with Crippen LogP contribution in [0.1, 0.15) is 47.2 Å². The van der Waals surface area contributed by atoms with Crippen molar-refractivity contribution in [2.24, 2.45) is 5.92 Å². The zero-order valence-corrected chi connectivity index (χ0v) is 24.9. The topological polar surface area (TPSA) is 100 Å². The molecule has 2 aliphatic rings. The summed E-state index contributed by atoms with van der Waals surface area (Å²) in [4.78, 5) is 27.9. The van der Waals surface area contributed by atoms with Gasteiger partial charge in [0.25, 0.3) is 5.91 Å². The van der Waals surface area contributed by atoms with Crippen LogP contribution in [0.15, 0.2) is 75.2 Å². The summed E-state index contributed by atoms with van der Waals surface area (Å²) < 4.78 is 1.67. The Morgan fingerprint density at radius 1 is 1.05 bits per heavy atom. The highest BCUT2D eigenvalue weighted by molar-refractivity contribution is 7.80. The molecular formula is C30H29N5O3S3. The number of rotatable bonds is 6. The van der Waals surface area contributed by atoms with Crippen molar-refractivity contribution >= 4 is 65.4 Å². The van der Waals surface area contributed by atoms with Crippen LogP contribution in [-0.4, -0.2) is 44.8 Å². The number of fused-ring (bicyclic) bond motifs is 1. The molecule has 0 saturated carbocycles. The van der Waals surface area contributed by atoms with Gasteiger partial charge in [-0.05, 0) is 102 Å². The lowest BCUT2D eigenvalue weighted by Crippen LogP contribution is -2.49. The first-order valence-electron chi connectivity index (χ1n) is 13.4. The van der Waals surface area contributed by atoms with Crippen molar-refractivity contribution in [2.75, 3.05) is 17.3 Å². The van der Waals surface area contributed by atoms with Gasteiger partial charge in [0.05, 0.1) is 5.69 Å². The molecule has 2 unspecified atom stereocenters. The predicted octanol–water partition coefficient (Wildman–Crippen LogP) is 6.25. The molecule has 2 aromatic carbocycles. The van der Waals surface area contributed by atoms with E-state index < -0.39 is 12.0 Å². The van der Waals surface area contributed by atoms with E-state index in [-0.39, 0.29) is 11.8 Å². The van der Waals surface area contributed by atoms with Crippen LogP contribution in [0.2, 0.25) is 0 Å². The lowest BCUT2D eigenvalue weighted by Gasteiger charge is -2.42. The number of nitrogens with one attached hydrogen (secondary N) is 1. The summed E-state index contributed by atoms with van der Waals surface area (Å²) in [5, 5.41) is 26.2. The number of hydrogen-bond donors (Lipinski definition) is 4. The standard InChI is InChI=1S/C30H29N5O3S3/c1-34-25-10-9-17(27(36)31-20-5-4-6-21(15-20)35-29(39)32-33-30(35)40)13-19(25)14-24(26(34)28(37)38)23-8-3-2-7-22(23)18-11-12-41-16-18/h4-6,9-13,15-16,24,26H,2-3,7-8,14H2,1H3,(H,31,36)(H,32,39)(H,33,40)(H,37,38). The first kappa shape index (κ1) is 27.6. The quantitative estimate of drug-likeness (QED) is 0.195. The lowest BCUT2D eigenvalue weighted by atomic mass is 9.73. The second-order valence-electron chi connectivity index (χ2n) is 10.4. The fourth-order valence-corrected chi connectivity index (χ4v) is 7.44. The van der Waals surface area contributed by atoms with E-state index in [9.17, 15) is 14.7 Å². The van der Waals surface area contributed by atoms with Crippen molar-refractivity contribution in [3.63, 3.8) is 0 Å². The Hall–Kier alpha value is -3.54. The summed E-state index contributed by atoms with van der Waals surface area (Å²) in [6.07, 6.45) is 4.60. The SMILES string of the molecule is CN1c2ccc(C(=O)Nc3cccc(-n4c(S)nnc4S)c3)cc2CC(C2=C(c3ccsc3)CCCC2)C1C(=O)O. The van der Waals surface area contributed by atoms with Crippen LogP contribution in [-0.2, 0) is 11.2 Å². The highest BCUT2D eigenvalue weighted by Gasteiger charge is 2.40.